The summed E-state index contributed by atoms with van der Waals surface area (Å²) in [6, 6.07) is 5.69. The molecular weight excluding hydrogens is 907 g/mol. The predicted octanol–water partition coefficient (Wildman–Crippen LogP) is 3.36. The highest BCUT2D eigenvalue weighted by molar-refractivity contribution is 9.09. The highest BCUT2D eigenvalue weighted by atomic mass is 79.9. The van der Waals surface area contributed by atoms with Crippen molar-refractivity contribution in [1.82, 2.24) is 15.2 Å². The Hall–Kier alpha value is -4.33. The highest BCUT2D eigenvalue weighted by Crippen LogP contribution is 2.70. The number of ketones is 2. The minimum Gasteiger partial charge on any atom is -0.481 e. The Bertz CT molecular complexity index is 2290. The number of halogens is 1. The first kappa shape index (κ1) is 46.7. The molecule has 4 fully saturated rings. The van der Waals surface area contributed by atoms with Gasteiger partial charge in [0.25, 0.3) is 0 Å². The molecule has 0 radical (unpaired) electrons. The van der Waals surface area contributed by atoms with Gasteiger partial charge < -0.3 is 50.0 Å². The molecule has 20 heteroatoms. The smallest absolute Gasteiger partial charge is 0.470 e. The Morgan fingerprint density at radius 2 is 1.83 bits per heavy atom. The van der Waals surface area contributed by atoms with E-state index in [1.165, 1.54) is 0 Å². The Labute approximate surface area is 371 Å². The molecule has 1 aliphatic heterocycles. The number of aryl methyl sites for hydroxylation is 1. The lowest BCUT2D eigenvalue weighted by Crippen LogP contribution is -2.63. The van der Waals surface area contributed by atoms with Gasteiger partial charge in [0, 0.05) is 53.4 Å². The first-order valence-electron chi connectivity index (χ1n) is 20.8. The van der Waals surface area contributed by atoms with E-state index >= 15 is 0 Å². The summed E-state index contributed by atoms with van der Waals surface area (Å²) >= 11 is 2.98. The van der Waals surface area contributed by atoms with E-state index in [9.17, 15) is 53.3 Å². The minimum absolute atomic E-state index is 0.0176. The van der Waals surface area contributed by atoms with Gasteiger partial charge in [0.15, 0.2) is 23.5 Å². The number of fused-ring (bicyclic) bond motifs is 7. The van der Waals surface area contributed by atoms with Crippen molar-refractivity contribution in [3.63, 3.8) is 0 Å². The average Bonchev–Trinajstić information content (AvgIpc) is 3.86. The molecule has 63 heavy (non-hydrogen) atoms. The largest absolute Gasteiger partial charge is 0.481 e. The monoisotopic (exact) mass is 958 g/mol. The van der Waals surface area contributed by atoms with Gasteiger partial charge in [-0.05, 0) is 86.3 Å². The van der Waals surface area contributed by atoms with Crippen molar-refractivity contribution in [2.45, 2.75) is 96.0 Å². The number of ether oxygens (including phenoxy) is 2. The zero-order valence-corrected chi connectivity index (χ0v) is 37.4. The fraction of sp³-hybridized carbons (Fsp3) is 0.535. The number of alkyl halides is 1. The summed E-state index contributed by atoms with van der Waals surface area (Å²) in [4.78, 5) is 94.2. The number of benzene rings is 1. The molecular formula is C43H52BrN4O14P. The Morgan fingerprint density at radius 3 is 2.51 bits per heavy atom. The topological polar surface area (TPSA) is 269 Å². The van der Waals surface area contributed by atoms with Crippen molar-refractivity contribution in [2.24, 2.45) is 28.6 Å². The number of hydrogen-bond acceptors (Lipinski definition) is 11. The number of carboxylic acid groups (broad SMARTS) is 1. The molecule has 4 aliphatic carbocycles. The molecule has 7 N–H and O–H groups in total. The van der Waals surface area contributed by atoms with Crippen LogP contribution < -0.4 is 16.0 Å². The highest BCUT2D eigenvalue weighted by Gasteiger charge is 2.76. The molecule has 18 nitrogen and oxygen atoms in total. The number of aliphatic hydroxyl groups excluding tert-OH is 1. The fourth-order valence-electron chi connectivity index (χ4n) is 11.1. The number of hydrogen-bond donors (Lipinski definition) is 7. The summed E-state index contributed by atoms with van der Waals surface area (Å²) < 4.78 is 32.0. The summed E-state index contributed by atoms with van der Waals surface area (Å²) in [6.45, 7) is 4.86. The lowest BCUT2D eigenvalue weighted by atomic mass is 9.46. The van der Waals surface area contributed by atoms with Gasteiger partial charge in [0.05, 0.1) is 24.1 Å². The average molecular weight is 960 g/mol. The van der Waals surface area contributed by atoms with Crippen LogP contribution in [0.2, 0.25) is 0 Å². The number of amides is 3. The number of allylic oxidation sites excluding steroid dienone is 4. The normalized spacial score (nSPS) is 31.2. The number of phosphoric ester groups is 1. The minimum atomic E-state index is -5.05. The van der Waals surface area contributed by atoms with Crippen LogP contribution in [-0.4, -0.2) is 102 Å². The van der Waals surface area contributed by atoms with Crippen molar-refractivity contribution < 1.29 is 67.3 Å². The number of rotatable bonds is 16. The van der Waals surface area contributed by atoms with Crippen LogP contribution in [0, 0.1) is 35.5 Å². The van der Waals surface area contributed by atoms with Crippen LogP contribution in [-0.2, 0) is 53.9 Å². The van der Waals surface area contributed by atoms with Crippen molar-refractivity contribution in [3.05, 3.63) is 77.2 Å². The number of phosphoric acid groups is 1. The summed E-state index contributed by atoms with van der Waals surface area (Å²) in [7, 11) is -5.05. The molecule has 10 atom stereocenters. The van der Waals surface area contributed by atoms with Crippen LogP contribution in [0.15, 0.2) is 60.5 Å². The van der Waals surface area contributed by atoms with Gasteiger partial charge in [0.1, 0.15) is 12.6 Å². The number of nitrogens with zero attached hydrogens (tertiary/aromatic N) is 1. The predicted molar refractivity (Wildman–Crippen MR) is 227 cm³/mol. The number of aliphatic carboxylic acids is 1. The molecule has 2 heterocycles. The second-order valence-corrected chi connectivity index (χ2v) is 19.5. The standard InChI is InChI=1S/C43H52BrN4O14P/c1-23-19-48(20-24-4-7-26(8-5-24)46-39(56)31(10-11-37(54)55)47-36(53)18-45-35(52)17-44)21-29(23)40-61-34-15-30-28-9-6-25-14-27(49)12-13-41(25,2)38(28)32(50)16-42(30,3)43(34,62-40)33(51)22-60-63(57,58)59/h4-5,7-8,12-14,19,21,28,30-32,34,38,40,50H,6,9-11,15-18,20,22H2,1-3H3,(H,45,52)(H,46,56)(H,47,53)(H,54,55)(H2,57,58,59)/t28-,30-,31-,32-,34+,38+,40+,41-,42-,43+/m0/s1. The lowest BCUT2D eigenvalue weighted by molar-refractivity contribution is -0.201. The molecule has 3 saturated carbocycles. The first-order valence-corrected chi connectivity index (χ1v) is 23.4. The van der Waals surface area contributed by atoms with Crippen molar-refractivity contribution in [1.29, 1.82) is 0 Å². The first-order chi connectivity index (χ1) is 29.7. The zero-order valence-electron chi connectivity index (χ0n) is 35.0. The third kappa shape index (κ3) is 9.16. The van der Waals surface area contributed by atoms with Gasteiger partial charge in [0.2, 0.25) is 17.7 Å². The van der Waals surface area contributed by atoms with E-state index in [0.717, 1.165) is 16.7 Å². The van der Waals surface area contributed by atoms with Gasteiger partial charge in [-0.1, -0.05) is 53.6 Å². The quantitative estimate of drug-likeness (QED) is 0.0940. The summed E-state index contributed by atoms with van der Waals surface area (Å²) in [5, 5.41) is 28.7. The fourth-order valence-corrected chi connectivity index (χ4v) is 11.6. The molecule has 3 amide bonds. The van der Waals surface area contributed by atoms with Crippen molar-refractivity contribution in [3.8, 4) is 0 Å². The van der Waals surface area contributed by atoms with E-state index in [1.54, 1.807) is 36.4 Å². The summed E-state index contributed by atoms with van der Waals surface area (Å²) in [5.74, 6) is -4.14. The van der Waals surface area contributed by atoms with Crippen LogP contribution in [0.25, 0.3) is 0 Å². The van der Waals surface area contributed by atoms with Crippen LogP contribution in [0.5, 0.6) is 0 Å². The number of Topliss-reactive ketones (excluding diaryl/α,β-unsaturated/α-hetero) is 1. The molecule has 0 spiro atoms. The number of aliphatic hydroxyl groups is 1. The van der Waals surface area contributed by atoms with Crippen LogP contribution >= 0.6 is 23.8 Å². The molecule has 1 aromatic carbocycles. The molecule has 2 aromatic rings. The third-order valence-corrected chi connectivity index (χ3v) is 14.8. The maximum absolute atomic E-state index is 14.5. The van der Waals surface area contributed by atoms with Crippen LogP contribution in [0.3, 0.4) is 0 Å². The Morgan fingerprint density at radius 1 is 1.10 bits per heavy atom. The van der Waals surface area contributed by atoms with Crippen LogP contribution in [0.1, 0.15) is 75.4 Å². The molecule has 1 saturated heterocycles. The van der Waals surface area contributed by atoms with E-state index in [2.05, 4.69) is 31.9 Å². The second kappa shape index (κ2) is 17.9. The molecule has 5 aliphatic rings. The summed E-state index contributed by atoms with van der Waals surface area (Å²) in [6.07, 6.45) is 7.34. The van der Waals surface area contributed by atoms with Gasteiger partial charge in [-0.3, -0.25) is 33.3 Å². The number of carbonyl (C=O) groups excluding carboxylic acids is 5. The number of carbonyl (C=O) groups is 6. The summed E-state index contributed by atoms with van der Waals surface area (Å²) in [5.41, 5.74) is 0.311. The molecule has 0 bridgehead atoms. The Balaban J connectivity index is 1.07. The molecule has 7 rings (SSSR count). The van der Waals surface area contributed by atoms with E-state index in [-0.39, 0.29) is 48.1 Å². The van der Waals surface area contributed by atoms with Crippen molar-refractivity contribution in [2.75, 3.05) is 23.8 Å². The maximum Gasteiger partial charge on any atom is 0.470 e. The van der Waals surface area contributed by atoms with Crippen molar-refractivity contribution >= 4 is 64.7 Å². The van der Waals surface area contributed by atoms with E-state index in [1.807, 2.05) is 43.8 Å². The van der Waals surface area contributed by atoms with E-state index in [4.69, 9.17) is 14.0 Å². The van der Waals surface area contributed by atoms with Gasteiger partial charge in [-0.15, -0.1) is 0 Å². The zero-order chi connectivity index (χ0) is 45.6. The SMILES string of the molecule is Cc1cn(Cc2ccc(NC(=O)[C@H](CCC(=O)O)NC(=O)CNC(=O)CBr)cc2)cc1[C@@H]1O[C@@H]2C[C@H]3[C@@H]4CCC5=CC(=O)C=C[C@]5(C)[C@H]4[C@@H](O)C[C@]3(C)[C@]2(C(=O)COP(=O)(O)O)O1. The number of anilines is 1. The van der Waals surface area contributed by atoms with Gasteiger partial charge in [-0.2, -0.15) is 0 Å². The van der Waals surface area contributed by atoms with E-state index in [0.29, 0.717) is 37.1 Å². The van der Waals surface area contributed by atoms with Gasteiger partial charge >= 0.3 is 13.8 Å². The molecule has 340 valence electrons. The van der Waals surface area contributed by atoms with Gasteiger partial charge in [-0.25, -0.2) is 4.57 Å². The molecule has 0 unspecified atom stereocenters. The Kier molecular flexibility index (Phi) is 13.3. The molecule has 1 aromatic heterocycles. The lowest BCUT2D eigenvalue weighted by Gasteiger charge is -2.59. The number of carboxylic acids is 1. The second-order valence-electron chi connectivity index (χ2n) is 17.7. The van der Waals surface area contributed by atoms with E-state index < -0.39 is 91.4 Å². The maximum atomic E-state index is 14.5. The number of aromatic nitrogens is 1. The number of nitrogens with one attached hydrogen (secondary N) is 3. The van der Waals surface area contributed by atoms with Crippen LogP contribution in [0.4, 0.5) is 5.69 Å². The third-order valence-electron chi connectivity index (χ3n) is 13.8.